The SMILES string of the molecule is Cc1cccc2c1N(C1CCN(S(=O)(=O)c3ccc(C)c4ccccc34)CC1)C(=O)OC2. The molecule has 6 nitrogen and oxygen atoms in total. The highest BCUT2D eigenvalue weighted by Gasteiger charge is 2.38. The highest BCUT2D eigenvalue weighted by atomic mass is 32.2. The third kappa shape index (κ3) is 3.36. The van der Waals surface area contributed by atoms with Crippen molar-refractivity contribution < 1.29 is 17.9 Å². The molecule has 1 amide bonds. The van der Waals surface area contributed by atoms with Gasteiger partial charge in [0.2, 0.25) is 10.0 Å². The van der Waals surface area contributed by atoms with Crippen LogP contribution in [0, 0.1) is 13.8 Å². The van der Waals surface area contributed by atoms with Crippen molar-refractivity contribution >= 4 is 32.6 Å². The van der Waals surface area contributed by atoms with Gasteiger partial charge in [0.05, 0.1) is 10.6 Å². The first-order valence-corrected chi connectivity index (χ1v) is 12.3. The maximum atomic E-state index is 13.5. The Balaban J connectivity index is 1.41. The van der Waals surface area contributed by atoms with E-state index in [0.29, 0.717) is 30.8 Å². The fourth-order valence-corrected chi connectivity index (χ4v) is 6.61. The van der Waals surface area contributed by atoms with Gasteiger partial charge in [0, 0.05) is 30.1 Å². The molecule has 0 bridgehead atoms. The number of fused-ring (bicyclic) bond motifs is 2. The van der Waals surface area contributed by atoms with Crippen LogP contribution in [0.15, 0.2) is 59.5 Å². The van der Waals surface area contributed by atoms with Gasteiger partial charge in [0.25, 0.3) is 0 Å². The summed E-state index contributed by atoms with van der Waals surface area (Å²) in [6, 6.07) is 17.0. The van der Waals surface area contributed by atoms with E-state index in [0.717, 1.165) is 33.2 Å². The summed E-state index contributed by atoms with van der Waals surface area (Å²) >= 11 is 0. The molecule has 0 N–H and O–H groups in total. The van der Waals surface area contributed by atoms with Crippen LogP contribution in [0.4, 0.5) is 10.5 Å². The molecule has 7 heteroatoms. The number of amides is 1. The maximum Gasteiger partial charge on any atom is 0.414 e. The first-order valence-electron chi connectivity index (χ1n) is 10.9. The number of para-hydroxylation sites is 1. The molecule has 0 radical (unpaired) electrons. The minimum absolute atomic E-state index is 0.0936. The fourth-order valence-electron chi connectivity index (χ4n) is 4.94. The van der Waals surface area contributed by atoms with Crippen LogP contribution in [0.25, 0.3) is 10.8 Å². The second kappa shape index (κ2) is 7.90. The lowest BCUT2D eigenvalue weighted by Gasteiger charge is -2.40. The normalized spacial score (nSPS) is 17.9. The molecule has 32 heavy (non-hydrogen) atoms. The van der Waals surface area contributed by atoms with E-state index in [1.807, 2.05) is 62.4 Å². The van der Waals surface area contributed by atoms with Crippen LogP contribution in [-0.4, -0.2) is 37.9 Å². The molecule has 166 valence electrons. The third-order valence-electron chi connectivity index (χ3n) is 6.62. The van der Waals surface area contributed by atoms with Crippen molar-refractivity contribution in [2.24, 2.45) is 0 Å². The Morgan fingerprint density at radius 2 is 1.59 bits per heavy atom. The number of carbonyl (C=O) groups is 1. The summed E-state index contributed by atoms with van der Waals surface area (Å²) in [6.07, 6.45) is 0.773. The minimum atomic E-state index is -3.64. The molecule has 1 fully saturated rings. The summed E-state index contributed by atoms with van der Waals surface area (Å²) in [5, 5.41) is 1.70. The van der Waals surface area contributed by atoms with Crippen molar-refractivity contribution in [3.8, 4) is 0 Å². The second-order valence-electron chi connectivity index (χ2n) is 8.57. The van der Waals surface area contributed by atoms with Crippen LogP contribution in [0.2, 0.25) is 0 Å². The third-order valence-corrected chi connectivity index (χ3v) is 8.58. The zero-order valence-electron chi connectivity index (χ0n) is 18.2. The number of ether oxygens (including phenoxy) is 1. The number of aryl methyl sites for hydroxylation is 2. The van der Waals surface area contributed by atoms with Crippen molar-refractivity contribution in [2.45, 2.75) is 44.2 Å². The first-order chi connectivity index (χ1) is 15.4. The predicted octanol–water partition coefficient (Wildman–Crippen LogP) is 4.77. The van der Waals surface area contributed by atoms with Crippen molar-refractivity contribution in [1.82, 2.24) is 4.31 Å². The Kier molecular flexibility index (Phi) is 5.18. The number of sulfonamides is 1. The molecule has 3 aromatic rings. The van der Waals surface area contributed by atoms with Crippen molar-refractivity contribution in [3.63, 3.8) is 0 Å². The monoisotopic (exact) mass is 450 g/mol. The Labute approximate surface area is 188 Å². The zero-order chi connectivity index (χ0) is 22.5. The standard InChI is InChI=1S/C25H26N2O4S/c1-17-10-11-23(22-9-4-3-8-21(17)22)32(29,30)26-14-12-20(13-15-26)27-24-18(2)6-5-7-19(24)16-31-25(27)28/h3-11,20H,12-16H2,1-2H3. The van der Waals surface area contributed by atoms with Crippen molar-refractivity contribution in [1.29, 1.82) is 0 Å². The molecule has 5 rings (SSSR count). The van der Waals surface area contributed by atoms with Crippen LogP contribution >= 0.6 is 0 Å². The molecule has 2 aliphatic rings. The predicted molar refractivity (Wildman–Crippen MR) is 124 cm³/mol. The highest BCUT2D eigenvalue weighted by Crippen LogP contribution is 2.36. The van der Waals surface area contributed by atoms with Gasteiger partial charge in [-0.15, -0.1) is 0 Å². The average molecular weight is 451 g/mol. The Morgan fingerprint density at radius 3 is 2.34 bits per heavy atom. The molecule has 0 aliphatic carbocycles. The quantitative estimate of drug-likeness (QED) is 0.577. The van der Waals surface area contributed by atoms with Gasteiger partial charge in [0.15, 0.2) is 0 Å². The van der Waals surface area contributed by atoms with Gasteiger partial charge >= 0.3 is 6.09 Å². The lowest BCUT2D eigenvalue weighted by molar-refractivity contribution is 0.135. The molecular weight excluding hydrogens is 424 g/mol. The molecule has 0 atom stereocenters. The smallest absolute Gasteiger partial charge is 0.414 e. The van der Waals surface area contributed by atoms with Gasteiger partial charge in [-0.3, -0.25) is 4.90 Å². The lowest BCUT2D eigenvalue weighted by Crippen LogP contribution is -2.50. The van der Waals surface area contributed by atoms with Crippen LogP contribution in [0.3, 0.4) is 0 Å². The van der Waals surface area contributed by atoms with Gasteiger partial charge in [-0.2, -0.15) is 4.31 Å². The van der Waals surface area contributed by atoms with E-state index >= 15 is 0 Å². The van der Waals surface area contributed by atoms with Crippen molar-refractivity contribution in [3.05, 3.63) is 71.3 Å². The molecular formula is C25H26N2O4S. The number of rotatable bonds is 3. The summed E-state index contributed by atoms with van der Waals surface area (Å²) in [5.41, 5.74) is 3.98. The summed E-state index contributed by atoms with van der Waals surface area (Å²) in [7, 11) is -3.64. The Morgan fingerprint density at radius 1 is 0.875 bits per heavy atom. The molecule has 3 aromatic carbocycles. The van der Waals surface area contributed by atoms with E-state index in [-0.39, 0.29) is 18.7 Å². The van der Waals surface area contributed by atoms with E-state index in [9.17, 15) is 13.2 Å². The van der Waals surface area contributed by atoms with Gasteiger partial charge < -0.3 is 4.74 Å². The number of cyclic esters (lactones) is 1. The van der Waals surface area contributed by atoms with Gasteiger partial charge in [0.1, 0.15) is 6.61 Å². The molecule has 0 unspecified atom stereocenters. The van der Waals surface area contributed by atoms with E-state index < -0.39 is 10.0 Å². The van der Waals surface area contributed by atoms with Crippen molar-refractivity contribution in [2.75, 3.05) is 18.0 Å². The summed E-state index contributed by atoms with van der Waals surface area (Å²) < 4.78 is 34.0. The van der Waals surface area contributed by atoms with Crippen LogP contribution in [0.1, 0.15) is 29.5 Å². The number of piperidine rings is 1. The van der Waals surface area contributed by atoms with Crippen LogP contribution in [0.5, 0.6) is 0 Å². The van der Waals surface area contributed by atoms with Crippen LogP contribution in [-0.2, 0) is 21.4 Å². The number of benzene rings is 3. The second-order valence-corrected chi connectivity index (χ2v) is 10.5. The highest BCUT2D eigenvalue weighted by molar-refractivity contribution is 7.89. The molecule has 0 spiro atoms. The number of hydrogen-bond acceptors (Lipinski definition) is 4. The summed E-state index contributed by atoms with van der Waals surface area (Å²) in [4.78, 5) is 14.7. The molecule has 2 aliphatic heterocycles. The van der Waals surface area contributed by atoms with Crippen LogP contribution < -0.4 is 4.90 Å². The number of carbonyl (C=O) groups excluding carboxylic acids is 1. The van der Waals surface area contributed by atoms with Gasteiger partial charge in [-0.05, 0) is 49.3 Å². The summed E-state index contributed by atoms with van der Waals surface area (Å²) in [6.45, 7) is 4.98. The first kappa shape index (κ1) is 21.0. The number of hydrogen-bond donors (Lipinski definition) is 0. The fraction of sp³-hybridized carbons (Fsp3) is 0.320. The van der Waals surface area contributed by atoms with E-state index in [4.69, 9.17) is 4.74 Å². The zero-order valence-corrected chi connectivity index (χ0v) is 19.1. The average Bonchev–Trinajstić information content (AvgIpc) is 2.80. The largest absolute Gasteiger partial charge is 0.444 e. The molecule has 0 saturated carbocycles. The van der Waals surface area contributed by atoms with E-state index in [1.165, 1.54) is 0 Å². The van der Waals surface area contributed by atoms with Gasteiger partial charge in [-0.1, -0.05) is 48.5 Å². The lowest BCUT2D eigenvalue weighted by atomic mass is 10.00. The van der Waals surface area contributed by atoms with E-state index in [1.54, 1.807) is 15.3 Å². The molecule has 1 saturated heterocycles. The molecule has 0 aromatic heterocycles. The maximum absolute atomic E-state index is 13.5. The van der Waals surface area contributed by atoms with E-state index in [2.05, 4.69) is 0 Å². The number of anilines is 1. The van der Waals surface area contributed by atoms with Gasteiger partial charge in [-0.25, -0.2) is 13.2 Å². The Bertz CT molecular complexity index is 1310. The Hall–Kier alpha value is -2.90. The summed E-state index contributed by atoms with van der Waals surface area (Å²) in [5.74, 6) is 0. The topological polar surface area (TPSA) is 66.9 Å². The molecule has 2 heterocycles. The number of nitrogens with zero attached hydrogens (tertiary/aromatic N) is 2. The minimum Gasteiger partial charge on any atom is -0.444 e.